The smallest absolute Gasteiger partial charge is 0.255 e. The van der Waals surface area contributed by atoms with E-state index in [1.807, 2.05) is 60.4 Å². The normalized spacial score (nSPS) is 13.1. The quantitative estimate of drug-likeness (QED) is 0.613. The van der Waals surface area contributed by atoms with Gasteiger partial charge in [-0.1, -0.05) is 36.4 Å². The molecule has 3 aromatic rings. The zero-order valence-corrected chi connectivity index (χ0v) is 17.6. The van der Waals surface area contributed by atoms with E-state index in [1.165, 1.54) is 0 Å². The van der Waals surface area contributed by atoms with Crippen LogP contribution in [0.2, 0.25) is 0 Å². The van der Waals surface area contributed by atoms with Crippen LogP contribution in [0.4, 0.5) is 5.69 Å². The van der Waals surface area contributed by atoms with Crippen LogP contribution < -0.4 is 10.1 Å². The van der Waals surface area contributed by atoms with Crippen molar-refractivity contribution in [3.05, 3.63) is 95.1 Å². The zero-order chi connectivity index (χ0) is 21.6. The molecule has 1 saturated heterocycles. The van der Waals surface area contributed by atoms with E-state index >= 15 is 0 Å². The maximum Gasteiger partial charge on any atom is 0.255 e. The highest BCUT2D eigenvalue weighted by Crippen LogP contribution is 2.23. The average Bonchev–Trinajstić information content (AvgIpc) is 3.35. The number of carbonyl (C=O) groups is 2. The first kappa shape index (κ1) is 20.7. The first-order valence-electron chi connectivity index (χ1n) is 10.6. The number of hydrogen-bond donors (Lipinski definition) is 1. The van der Waals surface area contributed by atoms with E-state index in [4.69, 9.17) is 4.74 Å². The van der Waals surface area contributed by atoms with Gasteiger partial charge >= 0.3 is 0 Å². The molecule has 1 N–H and O–H groups in total. The number of anilines is 1. The van der Waals surface area contributed by atoms with Gasteiger partial charge in [0.05, 0.1) is 0 Å². The Bertz CT molecular complexity index is 1060. The fraction of sp³-hybridized carbons (Fsp3) is 0.231. The molecule has 5 heteroatoms. The van der Waals surface area contributed by atoms with Gasteiger partial charge in [-0.25, -0.2) is 0 Å². The fourth-order valence-electron chi connectivity index (χ4n) is 3.73. The van der Waals surface area contributed by atoms with Crippen molar-refractivity contribution in [1.29, 1.82) is 0 Å². The Labute approximate surface area is 182 Å². The van der Waals surface area contributed by atoms with Crippen LogP contribution in [0.15, 0.2) is 72.8 Å². The second-order valence-corrected chi connectivity index (χ2v) is 7.73. The van der Waals surface area contributed by atoms with Gasteiger partial charge in [-0.2, -0.15) is 0 Å². The van der Waals surface area contributed by atoms with E-state index in [1.54, 1.807) is 24.3 Å². The van der Waals surface area contributed by atoms with Crippen LogP contribution in [0.3, 0.4) is 0 Å². The summed E-state index contributed by atoms with van der Waals surface area (Å²) < 4.78 is 5.78. The van der Waals surface area contributed by atoms with Crippen LogP contribution in [0.25, 0.3) is 0 Å². The van der Waals surface area contributed by atoms with Gasteiger partial charge in [0.2, 0.25) is 0 Å². The molecule has 1 aliphatic heterocycles. The van der Waals surface area contributed by atoms with Crippen LogP contribution in [0.1, 0.15) is 44.7 Å². The predicted octanol–water partition coefficient (Wildman–Crippen LogP) is 5.06. The highest BCUT2D eigenvalue weighted by atomic mass is 16.5. The number of hydrogen-bond acceptors (Lipinski definition) is 3. The Morgan fingerprint density at radius 3 is 2.32 bits per heavy atom. The molecular weight excluding hydrogens is 388 g/mol. The standard InChI is InChI=1S/C26H26N2O3/c1-19-23(26(30)28-16-5-6-17-28)10-7-11-24(19)27-25(29)21-12-14-22(15-13-21)31-18-20-8-3-2-4-9-20/h2-4,7-15H,5-6,16-18H2,1H3,(H,27,29). The van der Waals surface area contributed by atoms with Crippen LogP contribution in [0, 0.1) is 6.92 Å². The number of nitrogens with zero attached hydrogens (tertiary/aromatic N) is 1. The lowest BCUT2D eigenvalue weighted by Crippen LogP contribution is -2.28. The Morgan fingerprint density at radius 1 is 0.903 bits per heavy atom. The maximum atomic E-state index is 12.8. The van der Waals surface area contributed by atoms with Crippen LogP contribution in [-0.4, -0.2) is 29.8 Å². The summed E-state index contributed by atoms with van der Waals surface area (Å²) in [6.07, 6.45) is 2.10. The minimum atomic E-state index is -0.219. The number of nitrogens with one attached hydrogen (secondary N) is 1. The second kappa shape index (κ2) is 9.47. The summed E-state index contributed by atoms with van der Waals surface area (Å²) in [5.41, 5.74) is 3.70. The summed E-state index contributed by atoms with van der Waals surface area (Å²) in [5, 5.41) is 2.94. The van der Waals surface area contributed by atoms with Gasteiger partial charge in [-0.05, 0) is 67.3 Å². The molecule has 0 radical (unpaired) electrons. The number of ether oxygens (including phenoxy) is 1. The van der Waals surface area contributed by atoms with Gasteiger partial charge in [0, 0.05) is 29.9 Å². The Hall–Kier alpha value is -3.60. The maximum absolute atomic E-state index is 12.8. The molecule has 5 nitrogen and oxygen atoms in total. The largest absolute Gasteiger partial charge is 0.489 e. The van der Waals surface area contributed by atoms with E-state index in [-0.39, 0.29) is 11.8 Å². The molecule has 2 amide bonds. The van der Waals surface area contributed by atoms with Gasteiger partial charge in [0.15, 0.2) is 0 Å². The first-order chi connectivity index (χ1) is 15.1. The van der Waals surface area contributed by atoms with Gasteiger partial charge in [-0.15, -0.1) is 0 Å². The summed E-state index contributed by atoms with van der Waals surface area (Å²) in [4.78, 5) is 27.4. The minimum Gasteiger partial charge on any atom is -0.489 e. The molecule has 0 unspecified atom stereocenters. The van der Waals surface area contributed by atoms with Gasteiger partial charge in [0.1, 0.15) is 12.4 Å². The van der Waals surface area contributed by atoms with Crippen molar-refractivity contribution >= 4 is 17.5 Å². The lowest BCUT2D eigenvalue weighted by molar-refractivity contribution is 0.0791. The molecule has 0 aliphatic carbocycles. The molecular formula is C26H26N2O3. The zero-order valence-electron chi connectivity index (χ0n) is 17.6. The number of amides is 2. The van der Waals surface area contributed by atoms with Gasteiger partial charge in [0.25, 0.3) is 11.8 Å². The van der Waals surface area contributed by atoms with Crippen molar-refractivity contribution in [1.82, 2.24) is 4.90 Å². The third-order valence-corrected chi connectivity index (χ3v) is 5.57. The average molecular weight is 415 g/mol. The van der Waals surface area contributed by atoms with Crippen molar-refractivity contribution in [2.24, 2.45) is 0 Å². The third kappa shape index (κ3) is 4.94. The number of benzene rings is 3. The molecule has 1 aliphatic rings. The Kier molecular flexibility index (Phi) is 6.32. The van der Waals surface area contributed by atoms with Crippen LogP contribution >= 0.6 is 0 Å². The van der Waals surface area contributed by atoms with Crippen LogP contribution in [0.5, 0.6) is 5.75 Å². The Morgan fingerprint density at radius 2 is 1.61 bits per heavy atom. The molecule has 0 aromatic heterocycles. The summed E-state index contributed by atoms with van der Waals surface area (Å²) in [6, 6.07) is 22.5. The SMILES string of the molecule is Cc1c(NC(=O)c2ccc(OCc3ccccc3)cc2)cccc1C(=O)N1CCCC1. The van der Waals surface area contributed by atoms with E-state index in [2.05, 4.69) is 5.32 Å². The lowest BCUT2D eigenvalue weighted by Gasteiger charge is -2.18. The van der Waals surface area contributed by atoms with Crippen molar-refractivity contribution in [3.8, 4) is 5.75 Å². The molecule has 31 heavy (non-hydrogen) atoms. The Balaban J connectivity index is 1.41. The van der Waals surface area contributed by atoms with E-state index in [9.17, 15) is 9.59 Å². The van der Waals surface area contributed by atoms with Crippen molar-refractivity contribution in [2.45, 2.75) is 26.4 Å². The van der Waals surface area contributed by atoms with E-state index in [0.29, 0.717) is 29.2 Å². The van der Waals surface area contributed by atoms with Gasteiger partial charge < -0.3 is 15.0 Å². The number of likely N-dealkylation sites (tertiary alicyclic amines) is 1. The topological polar surface area (TPSA) is 58.6 Å². The monoisotopic (exact) mass is 414 g/mol. The minimum absolute atomic E-state index is 0.0333. The van der Waals surface area contributed by atoms with Crippen molar-refractivity contribution in [2.75, 3.05) is 18.4 Å². The second-order valence-electron chi connectivity index (χ2n) is 7.73. The van der Waals surface area contributed by atoms with Gasteiger partial charge in [-0.3, -0.25) is 9.59 Å². The lowest BCUT2D eigenvalue weighted by atomic mass is 10.0. The molecule has 158 valence electrons. The molecule has 1 fully saturated rings. The fourth-order valence-corrected chi connectivity index (χ4v) is 3.73. The molecule has 0 spiro atoms. The predicted molar refractivity (Wildman–Crippen MR) is 121 cm³/mol. The third-order valence-electron chi connectivity index (χ3n) is 5.57. The molecule has 4 rings (SSSR count). The number of carbonyl (C=O) groups excluding carboxylic acids is 2. The van der Waals surface area contributed by atoms with E-state index < -0.39 is 0 Å². The summed E-state index contributed by atoms with van der Waals surface area (Å²) in [6.45, 7) is 3.95. The summed E-state index contributed by atoms with van der Waals surface area (Å²) >= 11 is 0. The molecule has 0 saturated carbocycles. The number of rotatable bonds is 6. The van der Waals surface area contributed by atoms with Crippen molar-refractivity contribution < 1.29 is 14.3 Å². The summed E-state index contributed by atoms with van der Waals surface area (Å²) in [7, 11) is 0. The first-order valence-corrected chi connectivity index (χ1v) is 10.6. The molecule has 1 heterocycles. The van der Waals surface area contributed by atoms with Crippen LogP contribution in [-0.2, 0) is 6.61 Å². The highest BCUT2D eigenvalue weighted by molar-refractivity contribution is 6.06. The highest BCUT2D eigenvalue weighted by Gasteiger charge is 2.22. The molecule has 0 atom stereocenters. The molecule has 3 aromatic carbocycles. The van der Waals surface area contributed by atoms with Crippen molar-refractivity contribution in [3.63, 3.8) is 0 Å². The van der Waals surface area contributed by atoms with E-state index in [0.717, 1.165) is 37.1 Å². The molecule has 0 bridgehead atoms. The summed E-state index contributed by atoms with van der Waals surface area (Å²) in [5.74, 6) is 0.518.